The van der Waals surface area contributed by atoms with Crippen molar-refractivity contribution >= 4 is 33.0 Å². The van der Waals surface area contributed by atoms with Crippen molar-refractivity contribution in [2.45, 2.75) is 25.4 Å². The summed E-state index contributed by atoms with van der Waals surface area (Å²) in [5, 5.41) is 13.7. The molecule has 0 atom stereocenters. The van der Waals surface area contributed by atoms with Crippen LogP contribution in [-0.4, -0.2) is 25.0 Å². The molecule has 0 spiro atoms. The number of piperidine rings is 1. The van der Waals surface area contributed by atoms with Crippen LogP contribution in [0.1, 0.15) is 33.6 Å². The highest BCUT2D eigenvalue weighted by Crippen LogP contribution is 2.32. The Labute approximate surface area is 168 Å². The predicted octanol–water partition coefficient (Wildman–Crippen LogP) is 3.63. The SMILES string of the molecule is N#Cc1cccc(CN(c2ccc3sc(C(N)=O)cc3c2)C2CCNCC2)c1. The topological polar surface area (TPSA) is 82.2 Å². The minimum absolute atomic E-state index is 0.383. The fourth-order valence-corrected chi connectivity index (χ4v) is 4.71. The third kappa shape index (κ3) is 3.86. The molecule has 142 valence electrons. The van der Waals surface area contributed by atoms with Crippen molar-refractivity contribution in [1.82, 2.24) is 5.32 Å². The number of amides is 1. The lowest BCUT2D eigenvalue weighted by Crippen LogP contribution is -2.43. The number of rotatable bonds is 5. The first-order valence-corrected chi connectivity index (χ1v) is 10.3. The molecule has 1 aliphatic rings. The van der Waals surface area contributed by atoms with Gasteiger partial charge in [-0.1, -0.05) is 12.1 Å². The van der Waals surface area contributed by atoms with E-state index in [0.29, 0.717) is 16.5 Å². The summed E-state index contributed by atoms with van der Waals surface area (Å²) >= 11 is 1.43. The van der Waals surface area contributed by atoms with Gasteiger partial charge in [0.1, 0.15) is 0 Å². The lowest BCUT2D eigenvalue weighted by atomic mass is 10.0. The number of nitrogens with one attached hydrogen (secondary N) is 1. The van der Waals surface area contributed by atoms with E-state index >= 15 is 0 Å². The summed E-state index contributed by atoms with van der Waals surface area (Å²) < 4.78 is 1.06. The third-order valence-electron chi connectivity index (χ3n) is 5.23. The van der Waals surface area contributed by atoms with E-state index in [1.165, 1.54) is 11.3 Å². The van der Waals surface area contributed by atoms with Crippen molar-refractivity contribution in [3.8, 4) is 6.07 Å². The van der Waals surface area contributed by atoms with Crippen molar-refractivity contribution in [3.05, 3.63) is 64.5 Å². The highest BCUT2D eigenvalue weighted by atomic mass is 32.1. The lowest BCUT2D eigenvalue weighted by molar-refractivity contribution is 0.100. The van der Waals surface area contributed by atoms with Crippen LogP contribution in [0.25, 0.3) is 10.1 Å². The number of hydrogen-bond acceptors (Lipinski definition) is 5. The van der Waals surface area contributed by atoms with E-state index in [2.05, 4.69) is 40.6 Å². The average molecular weight is 391 g/mol. The number of primary amides is 1. The van der Waals surface area contributed by atoms with Gasteiger partial charge in [-0.25, -0.2) is 0 Å². The number of nitriles is 1. The van der Waals surface area contributed by atoms with Crippen LogP contribution in [0, 0.1) is 11.3 Å². The van der Waals surface area contributed by atoms with Crippen molar-refractivity contribution < 1.29 is 4.79 Å². The molecular formula is C22H22N4OS. The molecule has 2 aromatic carbocycles. The zero-order chi connectivity index (χ0) is 19.5. The van der Waals surface area contributed by atoms with Crippen molar-refractivity contribution in [2.24, 2.45) is 5.73 Å². The Morgan fingerprint density at radius 1 is 1.21 bits per heavy atom. The van der Waals surface area contributed by atoms with Gasteiger partial charge < -0.3 is 16.0 Å². The van der Waals surface area contributed by atoms with Crippen LogP contribution < -0.4 is 16.0 Å². The van der Waals surface area contributed by atoms with Gasteiger partial charge in [0.05, 0.1) is 16.5 Å². The molecule has 5 nitrogen and oxygen atoms in total. The number of carbonyl (C=O) groups excluding carboxylic acids is 1. The third-order valence-corrected chi connectivity index (χ3v) is 6.36. The smallest absolute Gasteiger partial charge is 0.258 e. The summed E-state index contributed by atoms with van der Waals surface area (Å²) in [7, 11) is 0. The van der Waals surface area contributed by atoms with Gasteiger partial charge >= 0.3 is 0 Å². The summed E-state index contributed by atoms with van der Waals surface area (Å²) in [4.78, 5) is 14.5. The summed E-state index contributed by atoms with van der Waals surface area (Å²) in [6, 6.07) is 18.7. The Bertz CT molecular complexity index is 1050. The second-order valence-corrected chi connectivity index (χ2v) is 8.20. The maximum Gasteiger partial charge on any atom is 0.258 e. The highest BCUT2D eigenvalue weighted by molar-refractivity contribution is 7.20. The molecule has 0 bridgehead atoms. The molecule has 1 fully saturated rings. The van der Waals surface area contributed by atoms with E-state index < -0.39 is 0 Å². The molecule has 0 saturated carbocycles. The molecule has 0 radical (unpaired) electrons. The number of nitrogens with zero attached hydrogens (tertiary/aromatic N) is 2. The monoisotopic (exact) mass is 390 g/mol. The Morgan fingerprint density at radius 3 is 2.79 bits per heavy atom. The van der Waals surface area contributed by atoms with E-state index in [-0.39, 0.29) is 5.91 Å². The van der Waals surface area contributed by atoms with Gasteiger partial charge in [0.2, 0.25) is 0 Å². The predicted molar refractivity (Wildman–Crippen MR) is 114 cm³/mol. The zero-order valence-electron chi connectivity index (χ0n) is 15.5. The molecule has 1 aromatic heterocycles. The van der Waals surface area contributed by atoms with E-state index in [0.717, 1.165) is 53.8 Å². The van der Waals surface area contributed by atoms with Gasteiger partial charge in [0, 0.05) is 23.0 Å². The summed E-state index contributed by atoms with van der Waals surface area (Å²) in [5.41, 5.74) is 8.39. The molecule has 1 saturated heterocycles. The summed E-state index contributed by atoms with van der Waals surface area (Å²) in [6.07, 6.45) is 2.15. The first kappa shape index (κ1) is 18.5. The zero-order valence-corrected chi connectivity index (χ0v) is 16.3. The molecule has 3 N–H and O–H groups in total. The second-order valence-electron chi connectivity index (χ2n) is 7.12. The van der Waals surface area contributed by atoms with Gasteiger partial charge in [0.15, 0.2) is 0 Å². The van der Waals surface area contributed by atoms with Crippen LogP contribution in [0.2, 0.25) is 0 Å². The van der Waals surface area contributed by atoms with E-state index in [9.17, 15) is 10.1 Å². The summed E-state index contributed by atoms with van der Waals surface area (Å²) in [5.74, 6) is -0.383. The Morgan fingerprint density at radius 2 is 2.04 bits per heavy atom. The first-order valence-electron chi connectivity index (χ1n) is 9.44. The minimum Gasteiger partial charge on any atom is -0.365 e. The van der Waals surface area contributed by atoms with Gasteiger partial charge in [-0.3, -0.25) is 4.79 Å². The number of anilines is 1. The summed E-state index contributed by atoms with van der Waals surface area (Å²) in [6.45, 7) is 2.76. The molecule has 0 unspecified atom stereocenters. The van der Waals surface area contributed by atoms with Crippen molar-refractivity contribution in [1.29, 1.82) is 5.26 Å². The average Bonchev–Trinajstić information content (AvgIpc) is 3.16. The minimum atomic E-state index is -0.383. The lowest BCUT2D eigenvalue weighted by Gasteiger charge is -2.36. The maximum absolute atomic E-state index is 11.5. The van der Waals surface area contributed by atoms with E-state index in [1.54, 1.807) is 0 Å². The van der Waals surface area contributed by atoms with Crippen molar-refractivity contribution in [3.63, 3.8) is 0 Å². The van der Waals surface area contributed by atoms with Crippen LogP contribution in [0.5, 0.6) is 0 Å². The Kier molecular flexibility index (Phi) is 5.29. The number of fused-ring (bicyclic) bond motifs is 1. The second kappa shape index (κ2) is 8.01. The van der Waals surface area contributed by atoms with Crippen LogP contribution in [-0.2, 0) is 6.54 Å². The Hall–Kier alpha value is -2.88. The van der Waals surface area contributed by atoms with Crippen molar-refractivity contribution in [2.75, 3.05) is 18.0 Å². The van der Waals surface area contributed by atoms with Crippen LogP contribution in [0.4, 0.5) is 5.69 Å². The van der Waals surface area contributed by atoms with Gasteiger partial charge in [0.25, 0.3) is 5.91 Å². The highest BCUT2D eigenvalue weighted by Gasteiger charge is 2.22. The molecule has 4 rings (SSSR count). The first-order chi connectivity index (χ1) is 13.6. The largest absolute Gasteiger partial charge is 0.365 e. The van der Waals surface area contributed by atoms with Crippen LogP contribution >= 0.6 is 11.3 Å². The number of thiophene rings is 1. The molecule has 6 heteroatoms. The Balaban J connectivity index is 1.70. The van der Waals surface area contributed by atoms with Crippen LogP contribution in [0.3, 0.4) is 0 Å². The number of benzene rings is 2. The normalized spacial score (nSPS) is 14.7. The molecule has 0 aliphatic carbocycles. The van der Waals surface area contributed by atoms with Gasteiger partial charge in [-0.05, 0) is 73.3 Å². The standard InChI is InChI=1S/C22H22N4OS/c23-13-15-2-1-3-16(10-15)14-26(18-6-8-25-9-7-18)19-4-5-20-17(11-19)12-21(28-20)22(24)27/h1-5,10-12,18,25H,6-9,14H2,(H2,24,27). The van der Waals surface area contributed by atoms with E-state index in [4.69, 9.17) is 5.73 Å². The molecular weight excluding hydrogens is 368 g/mol. The molecule has 28 heavy (non-hydrogen) atoms. The number of carbonyl (C=O) groups is 1. The fourth-order valence-electron chi connectivity index (χ4n) is 3.82. The quantitative estimate of drug-likeness (QED) is 0.697. The number of hydrogen-bond donors (Lipinski definition) is 2. The van der Waals surface area contributed by atoms with Crippen LogP contribution in [0.15, 0.2) is 48.5 Å². The van der Waals surface area contributed by atoms with E-state index in [1.807, 2.05) is 24.3 Å². The molecule has 1 aliphatic heterocycles. The maximum atomic E-state index is 11.5. The van der Waals surface area contributed by atoms with Gasteiger partial charge in [-0.15, -0.1) is 11.3 Å². The van der Waals surface area contributed by atoms with Gasteiger partial charge in [-0.2, -0.15) is 5.26 Å². The molecule has 3 aromatic rings. The molecule has 1 amide bonds. The molecule has 2 heterocycles. The number of nitrogens with two attached hydrogens (primary N) is 1. The fraction of sp³-hybridized carbons (Fsp3) is 0.273.